The Balaban J connectivity index is 1.40. The molecule has 194 valence electrons. The summed E-state index contributed by atoms with van der Waals surface area (Å²) in [4.78, 5) is 29.3. The van der Waals surface area contributed by atoms with Gasteiger partial charge in [-0.25, -0.2) is 4.79 Å². The van der Waals surface area contributed by atoms with Crippen molar-refractivity contribution in [1.82, 2.24) is 4.98 Å². The molecule has 9 nitrogen and oxygen atoms in total. The first-order valence-corrected chi connectivity index (χ1v) is 13.3. The molecule has 2 atom stereocenters. The summed E-state index contributed by atoms with van der Waals surface area (Å²) < 4.78 is 20.8. The molecular weight excluding hydrogens is 493 g/mol. The van der Waals surface area contributed by atoms with Crippen LogP contribution in [0.1, 0.15) is 47.7 Å². The van der Waals surface area contributed by atoms with Gasteiger partial charge in [-0.3, -0.25) is 9.51 Å². The number of carbonyl (C=O) groups is 1. The van der Waals surface area contributed by atoms with E-state index in [1.165, 1.54) is 24.5 Å². The first-order chi connectivity index (χ1) is 17.9. The van der Waals surface area contributed by atoms with Crippen LogP contribution < -0.4 is 24.6 Å². The van der Waals surface area contributed by atoms with E-state index >= 15 is 0 Å². The molecule has 0 saturated carbocycles. The van der Waals surface area contributed by atoms with Crippen molar-refractivity contribution < 1.29 is 28.8 Å². The molecule has 10 heteroatoms. The highest BCUT2D eigenvalue weighted by molar-refractivity contribution is 7.34. The van der Waals surface area contributed by atoms with Gasteiger partial charge in [0.05, 0.1) is 5.69 Å². The second kappa shape index (κ2) is 12.1. The monoisotopic (exact) mass is 523 g/mol. The topological polar surface area (TPSA) is 139 Å². The van der Waals surface area contributed by atoms with Gasteiger partial charge in [-0.1, -0.05) is 22.9 Å². The lowest BCUT2D eigenvalue weighted by molar-refractivity contribution is -0.169. The minimum Gasteiger partial charge on any atom is -0.575 e. The Morgan fingerprint density at radius 1 is 1.19 bits per heavy atom. The van der Waals surface area contributed by atoms with Crippen LogP contribution in [0.2, 0.25) is 0 Å². The summed E-state index contributed by atoms with van der Waals surface area (Å²) in [6.45, 7) is 3.37. The number of benzene rings is 2. The first kappa shape index (κ1) is 26.5. The van der Waals surface area contributed by atoms with Gasteiger partial charge in [0.25, 0.3) is 0 Å². The van der Waals surface area contributed by atoms with Crippen molar-refractivity contribution in [1.29, 1.82) is 0 Å². The van der Waals surface area contributed by atoms with Crippen LogP contribution >= 0.6 is 8.17 Å². The Bertz CT molecular complexity index is 1310. The van der Waals surface area contributed by atoms with E-state index in [0.717, 1.165) is 19.3 Å². The number of nitrogens with two attached hydrogens (primary N) is 1. The molecule has 2 aromatic carbocycles. The van der Waals surface area contributed by atoms with Crippen molar-refractivity contribution in [3.63, 3.8) is 0 Å². The van der Waals surface area contributed by atoms with E-state index < -0.39 is 20.2 Å². The molecule has 0 spiro atoms. The maximum absolute atomic E-state index is 12.6. The van der Waals surface area contributed by atoms with Crippen LogP contribution in [0, 0.1) is 6.92 Å². The summed E-state index contributed by atoms with van der Waals surface area (Å²) >= 11 is 0. The number of pyridine rings is 1. The highest BCUT2D eigenvalue weighted by Gasteiger charge is 2.21. The Labute approximate surface area is 216 Å². The molecule has 1 unspecified atom stereocenters. The smallest absolute Gasteiger partial charge is 0.395 e. The van der Waals surface area contributed by atoms with Gasteiger partial charge in [-0.2, -0.15) is 0 Å². The molecule has 0 radical (unpaired) electrons. The zero-order valence-corrected chi connectivity index (χ0v) is 21.7. The molecule has 37 heavy (non-hydrogen) atoms. The fourth-order valence-corrected chi connectivity index (χ4v) is 4.85. The summed E-state index contributed by atoms with van der Waals surface area (Å²) in [5.74, 6) is 0.380. The Morgan fingerprint density at radius 3 is 2.68 bits per heavy atom. The molecule has 3 aromatic rings. The van der Waals surface area contributed by atoms with Crippen LogP contribution in [-0.2, 0) is 30.8 Å². The van der Waals surface area contributed by atoms with Crippen molar-refractivity contribution in [3.05, 3.63) is 76.6 Å². The number of esters is 1. The van der Waals surface area contributed by atoms with E-state index in [1.807, 2.05) is 12.1 Å². The Hall–Kier alpha value is -3.52. The Morgan fingerprint density at radius 2 is 1.92 bits per heavy atom. The third-order valence-electron chi connectivity index (χ3n) is 6.19. The second-order valence-corrected chi connectivity index (χ2v) is 9.70. The van der Waals surface area contributed by atoms with Crippen LogP contribution in [0.5, 0.6) is 23.0 Å². The molecule has 0 bridgehead atoms. The van der Waals surface area contributed by atoms with Crippen molar-refractivity contribution in [2.24, 2.45) is 10.5 Å². The molecule has 0 amide bonds. The standard InChI is InChI=1S/C27H30N3O6P/c1-17-26(31)23(14-28)21(15-29-17)16-34-24-9-5-6-10-25(24)36-37(33)30-18(2)27(32)35-22-12-11-19-7-3-4-8-20(19)13-22/h5-6,9-13,15,18,31H,3-4,7-8,14,16,28H2,1-2H3/t18-/m0/s1. The van der Waals surface area contributed by atoms with Gasteiger partial charge in [-0.15, -0.1) is 0 Å². The number of carbonyl (C=O) groups excluding carboxylic acids is 1. The number of hydrogen-bond donors (Lipinski definition) is 2. The molecule has 0 saturated heterocycles. The molecule has 1 aliphatic carbocycles. The number of nitrogens with zero attached hydrogens (tertiary/aromatic N) is 2. The van der Waals surface area contributed by atoms with Gasteiger partial charge < -0.3 is 25.2 Å². The molecule has 1 aliphatic rings. The lowest BCUT2D eigenvalue weighted by atomic mass is 9.92. The van der Waals surface area contributed by atoms with Crippen molar-refractivity contribution in [2.75, 3.05) is 0 Å². The molecule has 0 aliphatic heterocycles. The number of ether oxygens (including phenoxy) is 2. The van der Waals surface area contributed by atoms with Crippen LogP contribution in [0.4, 0.5) is 0 Å². The normalized spacial score (nSPS) is 14.0. The van der Waals surface area contributed by atoms with E-state index in [0.29, 0.717) is 28.3 Å². The number of fused-ring (bicyclic) bond motifs is 1. The molecular formula is C27H30N3O6P. The molecule has 1 heterocycles. The molecule has 0 fully saturated rings. The average Bonchev–Trinajstić information content (AvgIpc) is 2.90. The molecule has 4 rings (SSSR count). The van der Waals surface area contributed by atoms with Crippen molar-refractivity contribution in [2.45, 2.75) is 58.7 Å². The van der Waals surface area contributed by atoms with Crippen LogP contribution in [0.3, 0.4) is 0 Å². The SMILES string of the molecule is Cc1ncc(COc2ccccc2O[P+]([O-])=N[C@@H](C)C(=O)Oc2ccc3c(c2)CCCC3)c(CN)c1O. The number of hydrogen-bond acceptors (Lipinski definition) is 9. The lowest BCUT2D eigenvalue weighted by Crippen LogP contribution is -2.21. The average molecular weight is 524 g/mol. The summed E-state index contributed by atoms with van der Waals surface area (Å²) in [7, 11) is -2.59. The minimum atomic E-state index is -2.59. The highest BCUT2D eigenvalue weighted by Crippen LogP contribution is 2.34. The predicted molar refractivity (Wildman–Crippen MR) is 137 cm³/mol. The van der Waals surface area contributed by atoms with E-state index in [1.54, 1.807) is 43.5 Å². The summed E-state index contributed by atoms with van der Waals surface area (Å²) in [6.07, 6.45) is 5.89. The Kier molecular flexibility index (Phi) is 8.71. The van der Waals surface area contributed by atoms with E-state index in [4.69, 9.17) is 19.7 Å². The van der Waals surface area contributed by atoms with Gasteiger partial charge >= 0.3 is 14.1 Å². The maximum Gasteiger partial charge on any atom is 0.395 e. The number of aryl methyl sites for hydroxylation is 3. The van der Waals surface area contributed by atoms with E-state index in [9.17, 15) is 14.8 Å². The van der Waals surface area contributed by atoms with Gasteiger partial charge in [0.1, 0.15) is 18.1 Å². The van der Waals surface area contributed by atoms with E-state index in [2.05, 4.69) is 9.73 Å². The summed E-state index contributed by atoms with van der Waals surface area (Å²) in [5, 5.41) is 10.2. The highest BCUT2D eigenvalue weighted by atomic mass is 31.1. The van der Waals surface area contributed by atoms with Crippen molar-refractivity contribution >= 4 is 14.1 Å². The number of aromatic nitrogens is 1. The van der Waals surface area contributed by atoms with Gasteiger partial charge in [0, 0.05) is 23.9 Å². The van der Waals surface area contributed by atoms with Gasteiger partial charge in [-0.05, 0) is 74.9 Å². The molecule has 1 aromatic heterocycles. The van der Waals surface area contributed by atoms with Crippen LogP contribution in [0.15, 0.2) is 53.4 Å². The third-order valence-corrected chi connectivity index (χ3v) is 7.08. The fraction of sp³-hybridized carbons (Fsp3) is 0.333. The second-order valence-electron chi connectivity index (χ2n) is 8.81. The fourth-order valence-electron chi connectivity index (χ4n) is 4.11. The quantitative estimate of drug-likeness (QED) is 0.241. The summed E-state index contributed by atoms with van der Waals surface area (Å²) in [5.41, 5.74) is 9.90. The maximum atomic E-state index is 12.6. The zero-order chi connectivity index (χ0) is 26.4. The molecule has 3 N–H and O–H groups in total. The number of rotatable bonds is 9. The lowest BCUT2D eigenvalue weighted by Gasteiger charge is -2.16. The largest absolute Gasteiger partial charge is 0.575 e. The predicted octanol–water partition coefficient (Wildman–Crippen LogP) is 4.24. The van der Waals surface area contributed by atoms with E-state index in [-0.39, 0.29) is 24.7 Å². The first-order valence-electron chi connectivity index (χ1n) is 12.1. The van der Waals surface area contributed by atoms with Gasteiger partial charge in [0.15, 0.2) is 11.8 Å². The third kappa shape index (κ3) is 6.63. The number of aromatic hydroxyl groups is 1. The van der Waals surface area contributed by atoms with Crippen LogP contribution in [-0.4, -0.2) is 22.1 Å². The van der Waals surface area contributed by atoms with Crippen LogP contribution in [0.25, 0.3) is 0 Å². The minimum absolute atomic E-state index is 0.0336. The van der Waals surface area contributed by atoms with Gasteiger partial charge in [0.2, 0.25) is 5.75 Å². The number of para-hydroxylation sites is 2. The zero-order valence-electron chi connectivity index (χ0n) is 20.8. The van der Waals surface area contributed by atoms with Crippen molar-refractivity contribution in [3.8, 4) is 23.0 Å². The summed E-state index contributed by atoms with van der Waals surface area (Å²) in [6, 6.07) is 11.3.